The van der Waals surface area contributed by atoms with Crippen LogP contribution in [0.2, 0.25) is 0 Å². The van der Waals surface area contributed by atoms with E-state index in [1.807, 2.05) is 19.9 Å². The molecule has 0 aliphatic carbocycles. The van der Waals surface area contributed by atoms with Gasteiger partial charge in [-0.15, -0.1) is 0 Å². The van der Waals surface area contributed by atoms with Crippen LogP contribution in [0.5, 0.6) is 11.5 Å². The van der Waals surface area contributed by atoms with Crippen LogP contribution < -0.4 is 26.7 Å². The van der Waals surface area contributed by atoms with Crippen molar-refractivity contribution in [3.8, 4) is 23.0 Å². The molecule has 32 heavy (non-hydrogen) atoms. The van der Waals surface area contributed by atoms with Crippen LogP contribution in [0.1, 0.15) is 38.8 Å². The van der Waals surface area contributed by atoms with Crippen LogP contribution in [0.15, 0.2) is 33.9 Å². The van der Waals surface area contributed by atoms with Gasteiger partial charge < -0.3 is 31.1 Å². The monoisotopic (exact) mass is 445 g/mol. The molecule has 0 bridgehead atoms. The zero-order valence-corrected chi connectivity index (χ0v) is 18.5. The van der Waals surface area contributed by atoms with Gasteiger partial charge in [0.1, 0.15) is 6.26 Å². The van der Waals surface area contributed by atoms with Crippen molar-refractivity contribution in [3.05, 3.63) is 30.2 Å². The number of ether oxygens (including phenoxy) is 2. The van der Waals surface area contributed by atoms with Crippen molar-refractivity contribution in [3.63, 3.8) is 0 Å². The van der Waals surface area contributed by atoms with E-state index in [9.17, 15) is 9.59 Å². The maximum absolute atomic E-state index is 12.2. The third-order valence-corrected chi connectivity index (χ3v) is 4.53. The van der Waals surface area contributed by atoms with Crippen molar-refractivity contribution in [2.24, 2.45) is 22.2 Å². The number of carbonyl (C=O) groups excluding carboxylic acids is 2. The van der Waals surface area contributed by atoms with Gasteiger partial charge in [-0.05, 0) is 44.9 Å². The molecule has 1 aromatic carbocycles. The lowest BCUT2D eigenvalue weighted by Gasteiger charge is -2.11. The Bertz CT molecular complexity index is 937. The average Bonchev–Trinajstić information content (AvgIpc) is 3.25. The Morgan fingerprint density at radius 1 is 1.16 bits per heavy atom. The summed E-state index contributed by atoms with van der Waals surface area (Å²) in [6, 6.07) is 4.54. The predicted octanol–water partition coefficient (Wildman–Crippen LogP) is 1.59. The topological polar surface area (TPSA) is 169 Å². The minimum absolute atomic E-state index is 0.000118. The van der Waals surface area contributed by atoms with Crippen LogP contribution in [-0.2, 0) is 16.0 Å². The van der Waals surface area contributed by atoms with Crippen molar-refractivity contribution in [1.29, 1.82) is 0 Å². The molecule has 174 valence electrons. The van der Waals surface area contributed by atoms with E-state index in [-0.39, 0.29) is 18.8 Å². The lowest BCUT2D eigenvalue weighted by atomic mass is 10.0. The normalized spacial score (nSPS) is 11.6. The highest BCUT2D eigenvalue weighted by Gasteiger charge is 2.21. The summed E-state index contributed by atoms with van der Waals surface area (Å²) in [6.07, 6.45) is 2.58. The first kappa shape index (κ1) is 24.9. The van der Waals surface area contributed by atoms with Gasteiger partial charge in [0.05, 0.1) is 24.9 Å². The molecule has 0 aliphatic heterocycles. The first-order valence-electron chi connectivity index (χ1n) is 10.6. The van der Waals surface area contributed by atoms with Gasteiger partial charge in [-0.1, -0.05) is 0 Å². The number of nitrogens with zero attached hydrogens (tertiary/aromatic N) is 2. The molecule has 0 radical (unpaired) electrons. The molecule has 0 aliphatic rings. The van der Waals surface area contributed by atoms with Gasteiger partial charge in [0.25, 0.3) is 0 Å². The molecule has 10 nitrogen and oxygen atoms in total. The Hall–Kier alpha value is -3.40. The standard InChI is InChI=1S/C22H31N5O5/c1-3-30-18-10-7-14(12-19(18)31-4-2)21-27-15(13-32-21)8-9-17(28)20(29)16(23)6-5-11-26-22(24)25/h7,10,12-13,16H,3-6,8-9,11,23H2,1-2H3,(H4,24,25,26)/t16-/m0/s1. The smallest absolute Gasteiger partial charge is 0.226 e. The van der Waals surface area contributed by atoms with Gasteiger partial charge in [0, 0.05) is 24.9 Å². The highest BCUT2D eigenvalue weighted by atomic mass is 16.5. The molecule has 0 fully saturated rings. The third kappa shape index (κ3) is 7.38. The summed E-state index contributed by atoms with van der Waals surface area (Å²) in [5.41, 5.74) is 17.6. The summed E-state index contributed by atoms with van der Waals surface area (Å²) >= 11 is 0. The number of rotatable bonds is 14. The van der Waals surface area contributed by atoms with Crippen LogP contribution in [0.4, 0.5) is 0 Å². The molecular formula is C22H31N5O5. The zero-order chi connectivity index (χ0) is 23.5. The number of oxazole rings is 1. The van der Waals surface area contributed by atoms with Crippen molar-refractivity contribution in [1.82, 2.24) is 4.98 Å². The fraction of sp³-hybridized carbons (Fsp3) is 0.455. The Morgan fingerprint density at radius 2 is 1.88 bits per heavy atom. The Morgan fingerprint density at radius 3 is 2.56 bits per heavy atom. The SMILES string of the molecule is CCOc1ccc(-c2nc(CCC(=O)C(=O)[C@@H](N)CCCN=C(N)N)co2)cc1OCC. The zero-order valence-electron chi connectivity index (χ0n) is 18.5. The van der Waals surface area contributed by atoms with E-state index in [4.69, 9.17) is 31.1 Å². The number of nitrogens with two attached hydrogens (primary N) is 3. The molecule has 0 saturated heterocycles. The number of guanidine groups is 1. The van der Waals surface area contributed by atoms with Crippen molar-refractivity contribution >= 4 is 17.5 Å². The Labute approximate surface area is 187 Å². The minimum atomic E-state index is -0.870. The molecule has 2 aromatic rings. The van der Waals surface area contributed by atoms with Gasteiger partial charge >= 0.3 is 0 Å². The molecule has 1 atom stereocenters. The Balaban J connectivity index is 1.93. The molecule has 1 aromatic heterocycles. The number of carbonyl (C=O) groups is 2. The quantitative estimate of drug-likeness (QED) is 0.169. The lowest BCUT2D eigenvalue weighted by Crippen LogP contribution is -2.36. The molecule has 0 unspecified atom stereocenters. The second-order valence-electron chi connectivity index (χ2n) is 7.01. The molecule has 1 heterocycles. The molecule has 10 heteroatoms. The number of ketones is 2. The average molecular weight is 446 g/mol. The van der Waals surface area contributed by atoms with Gasteiger partial charge in [-0.2, -0.15) is 0 Å². The lowest BCUT2D eigenvalue weighted by molar-refractivity contribution is -0.137. The molecule has 0 saturated carbocycles. The van der Waals surface area contributed by atoms with Crippen LogP contribution in [0.3, 0.4) is 0 Å². The first-order chi connectivity index (χ1) is 15.3. The number of hydrogen-bond donors (Lipinski definition) is 3. The molecular weight excluding hydrogens is 414 g/mol. The largest absolute Gasteiger partial charge is 0.490 e. The second-order valence-corrected chi connectivity index (χ2v) is 7.01. The molecule has 0 spiro atoms. The summed E-state index contributed by atoms with van der Waals surface area (Å²) in [4.78, 5) is 32.6. The summed E-state index contributed by atoms with van der Waals surface area (Å²) in [7, 11) is 0. The number of aromatic nitrogens is 1. The number of benzene rings is 1. The van der Waals surface area contributed by atoms with Gasteiger partial charge in [0.15, 0.2) is 23.2 Å². The van der Waals surface area contributed by atoms with E-state index in [1.165, 1.54) is 6.26 Å². The Kier molecular flexibility index (Phi) is 9.68. The van der Waals surface area contributed by atoms with Crippen molar-refractivity contribution < 1.29 is 23.5 Å². The van der Waals surface area contributed by atoms with E-state index >= 15 is 0 Å². The summed E-state index contributed by atoms with van der Waals surface area (Å²) in [5.74, 6) is 0.464. The van der Waals surface area contributed by atoms with Crippen LogP contribution >= 0.6 is 0 Å². The highest BCUT2D eigenvalue weighted by Crippen LogP contribution is 2.32. The fourth-order valence-corrected chi connectivity index (χ4v) is 2.96. The van der Waals surface area contributed by atoms with Crippen LogP contribution in [0, 0.1) is 0 Å². The molecule has 0 amide bonds. The highest BCUT2D eigenvalue weighted by molar-refractivity contribution is 6.39. The van der Waals surface area contributed by atoms with E-state index in [2.05, 4.69) is 9.98 Å². The van der Waals surface area contributed by atoms with E-state index in [1.54, 1.807) is 12.1 Å². The molecule has 6 N–H and O–H groups in total. The fourth-order valence-electron chi connectivity index (χ4n) is 2.96. The van der Waals surface area contributed by atoms with E-state index in [0.29, 0.717) is 61.2 Å². The molecule has 2 rings (SSSR count). The van der Waals surface area contributed by atoms with Crippen LogP contribution in [0.25, 0.3) is 11.5 Å². The van der Waals surface area contributed by atoms with Crippen LogP contribution in [-0.4, -0.2) is 48.3 Å². The van der Waals surface area contributed by atoms with E-state index < -0.39 is 17.6 Å². The second kappa shape index (κ2) is 12.5. The maximum atomic E-state index is 12.2. The minimum Gasteiger partial charge on any atom is -0.490 e. The summed E-state index contributed by atoms with van der Waals surface area (Å²) in [6.45, 7) is 5.16. The first-order valence-corrected chi connectivity index (χ1v) is 10.6. The summed E-state index contributed by atoms with van der Waals surface area (Å²) < 4.78 is 16.7. The number of aliphatic imine (C=N–C) groups is 1. The number of aryl methyl sites for hydroxylation is 1. The maximum Gasteiger partial charge on any atom is 0.226 e. The predicted molar refractivity (Wildman–Crippen MR) is 120 cm³/mol. The number of hydrogen-bond acceptors (Lipinski definition) is 8. The summed E-state index contributed by atoms with van der Waals surface area (Å²) in [5, 5.41) is 0. The van der Waals surface area contributed by atoms with Gasteiger partial charge in [-0.25, -0.2) is 4.98 Å². The van der Waals surface area contributed by atoms with Crippen molar-refractivity contribution in [2.45, 2.75) is 45.6 Å². The van der Waals surface area contributed by atoms with Gasteiger partial charge in [-0.3, -0.25) is 14.6 Å². The third-order valence-electron chi connectivity index (χ3n) is 4.53. The van der Waals surface area contributed by atoms with E-state index in [0.717, 1.165) is 0 Å². The van der Waals surface area contributed by atoms with Crippen molar-refractivity contribution in [2.75, 3.05) is 19.8 Å². The van der Waals surface area contributed by atoms with Gasteiger partial charge in [0.2, 0.25) is 11.7 Å². The number of Topliss-reactive ketones (excluding diaryl/α,β-unsaturated/α-hetero) is 2.